The van der Waals surface area contributed by atoms with Crippen LogP contribution in [0, 0.1) is 0 Å². The summed E-state index contributed by atoms with van der Waals surface area (Å²) in [5.41, 5.74) is 2.69. The monoisotopic (exact) mass is 408 g/mol. The number of benzene rings is 2. The van der Waals surface area contributed by atoms with Crippen molar-refractivity contribution in [2.24, 2.45) is 0 Å². The minimum atomic E-state index is -0.543. The van der Waals surface area contributed by atoms with Crippen molar-refractivity contribution in [1.29, 1.82) is 0 Å². The van der Waals surface area contributed by atoms with Crippen molar-refractivity contribution in [2.75, 3.05) is 0 Å². The Bertz CT molecular complexity index is 1260. The Hall–Kier alpha value is -3.47. The second kappa shape index (κ2) is 7.10. The molecule has 0 aliphatic carbocycles. The van der Waals surface area contributed by atoms with Crippen LogP contribution in [-0.4, -0.2) is 15.8 Å². The Labute approximate surface area is 177 Å². The number of phenols is 2. The molecule has 1 aromatic heterocycles. The maximum Gasteiger partial charge on any atom is 0.204 e. The summed E-state index contributed by atoms with van der Waals surface area (Å²) in [6, 6.07) is 6.28. The lowest BCUT2D eigenvalue weighted by atomic mass is 9.93. The van der Waals surface area contributed by atoms with E-state index >= 15 is 0 Å². The van der Waals surface area contributed by atoms with Gasteiger partial charge in [0.05, 0.1) is 11.1 Å². The molecule has 158 valence electrons. The normalized spacial score (nSPS) is 14.3. The van der Waals surface area contributed by atoms with Crippen molar-refractivity contribution < 1.29 is 22.2 Å². The lowest BCUT2D eigenvalue weighted by molar-refractivity contribution is 0.157. The standard InChI is InChI=1S/C25H24O5.2H2/c1-14(2)5-10-18-23-17(11-12-25(3,4)30-23)21(27)20-22(28)19(13-29-24(18)20)15-6-8-16(26)9-7-15;;/h5-9,11-13,26-27H,10H2,1-4H3;2*1H. The zero-order valence-electron chi connectivity index (χ0n) is 17.4. The second-order valence-electron chi connectivity index (χ2n) is 8.32. The quantitative estimate of drug-likeness (QED) is 0.515. The molecule has 0 unspecified atom stereocenters. The molecular formula is C25H28O5. The van der Waals surface area contributed by atoms with E-state index in [0.29, 0.717) is 34.4 Å². The van der Waals surface area contributed by atoms with Crippen molar-refractivity contribution in [3.8, 4) is 28.4 Å². The summed E-state index contributed by atoms with van der Waals surface area (Å²) in [5.74, 6) is 0.488. The van der Waals surface area contributed by atoms with Gasteiger partial charge in [0.15, 0.2) is 0 Å². The highest BCUT2D eigenvalue weighted by Crippen LogP contribution is 2.45. The van der Waals surface area contributed by atoms with Crippen LogP contribution >= 0.6 is 0 Å². The number of ether oxygens (including phenoxy) is 1. The van der Waals surface area contributed by atoms with Gasteiger partial charge in [0.1, 0.15) is 40.1 Å². The summed E-state index contributed by atoms with van der Waals surface area (Å²) in [7, 11) is 0. The van der Waals surface area contributed by atoms with Crippen LogP contribution in [-0.2, 0) is 6.42 Å². The van der Waals surface area contributed by atoms with Crippen LogP contribution < -0.4 is 10.2 Å². The molecule has 5 heteroatoms. The minimum Gasteiger partial charge on any atom is -0.508 e. The molecule has 0 radical (unpaired) electrons. The van der Waals surface area contributed by atoms with Gasteiger partial charge in [0.25, 0.3) is 0 Å². The summed E-state index contributed by atoms with van der Waals surface area (Å²) < 4.78 is 12.1. The minimum absolute atomic E-state index is 0. The second-order valence-corrected chi connectivity index (χ2v) is 8.32. The molecule has 0 atom stereocenters. The van der Waals surface area contributed by atoms with Crippen molar-refractivity contribution in [3.63, 3.8) is 0 Å². The zero-order chi connectivity index (χ0) is 21.6. The Morgan fingerprint density at radius 2 is 1.87 bits per heavy atom. The van der Waals surface area contributed by atoms with Crippen molar-refractivity contribution in [3.05, 3.63) is 69.6 Å². The maximum atomic E-state index is 13.4. The summed E-state index contributed by atoms with van der Waals surface area (Å²) in [6.45, 7) is 7.86. The molecule has 30 heavy (non-hydrogen) atoms. The third kappa shape index (κ3) is 3.36. The predicted molar refractivity (Wildman–Crippen MR) is 122 cm³/mol. The topological polar surface area (TPSA) is 79.9 Å². The Kier molecular flexibility index (Phi) is 4.69. The summed E-state index contributed by atoms with van der Waals surface area (Å²) in [4.78, 5) is 13.4. The van der Waals surface area contributed by atoms with Gasteiger partial charge in [0, 0.05) is 8.42 Å². The zero-order valence-corrected chi connectivity index (χ0v) is 17.4. The van der Waals surface area contributed by atoms with E-state index in [1.54, 1.807) is 18.2 Å². The van der Waals surface area contributed by atoms with Crippen molar-refractivity contribution in [1.82, 2.24) is 0 Å². The van der Waals surface area contributed by atoms with Gasteiger partial charge in [-0.3, -0.25) is 4.79 Å². The fraction of sp³-hybridized carbons (Fsp3) is 0.240. The molecule has 2 aromatic carbocycles. The molecule has 0 fully saturated rings. The van der Waals surface area contributed by atoms with Gasteiger partial charge in [-0.25, -0.2) is 0 Å². The molecule has 0 spiro atoms. The van der Waals surface area contributed by atoms with E-state index in [9.17, 15) is 15.0 Å². The first-order chi connectivity index (χ1) is 14.2. The van der Waals surface area contributed by atoms with E-state index < -0.39 is 5.60 Å². The number of allylic oxidation sites excluding steroid dienone is 2. The molecule has 1 aliphatic heterocycles. The number of rotatable bonds is 3. The number of aromatic hydroxyl groups is 2. The van der Waals surface area contributed by atoms with E-state index in [0.717, 1.165) is 11.1 Å². The van der Waals surface area contributed by atoms with Crippen LogP contribution in [0.2, 0.25) is 0 Å². The average Bonchev–Trinajstić information content (AvgIpc) is 2.67. The third-order valence-electron chi connectivity index (χ3n) is 5.19. The highest BCUT2D eigenvalue weighted by Gasteiger charge is 2.30. The lowest BCUT2D eigenvalue weighted by Gasteiger charge is -2.30. The highest BCUT2D eigenvalue weighted by atomic mass is 16.5. The smallest absolute Gasteiger partial charge is 0.204 e. The van der Waals surface area contributed by atoms with Crippen LogP contribution in [0.25, 0.3) is 28.2 Å². The van der Waals surface area contributed by atoms with Gasteiger partial charge in [-0.15, -0.1) is 0 Å². The van der Waals surface area contributed by atoms with Gasteiger partial charge in [-0.05, 0) is 64.0 Å². The number of hydrogen-bond acceptors (Lipinski definition) is 5. The van der Waals surface area contributed by atoms with Crippen LogP contribution in [0.3, 0.4) is 0 Å². The van der Waals surface area contributed by atoms with Crippen LogP contribution in [0.15, 0.2) is 57.5 Å². The van der Waals surface area contributed by atoms with E-state index in [-0.39, 0.29) is 25.2 Å². The average molecular weight is 408 g/mol. The molecule has 2 N–H and O–H groups in total. The highest BCUT2D eigenvalue weighted by molar-refractivity contribution is 5.95. The van der Waals surface area contributed by atoms with Crippen LogP contribution in [0.1, 0.15) is 41.7 Å². The molecule has 0 amide bonds. The van der Waals surface area contributed by atoms with Gasteiger partial charge >= 0.3 is 0 Å². The number of phenolic OH excluding ortho intramolecular Hbond substituents is 2. The SMILES string of the molecule is CC(C)=CCc1c2c(c(O)c3c(=O)c(-c4ccc(O)cc4)coc13)C=CC(C)(C)O2.[HH].[HH]. The van der Waals surface area contributed by atoms with Crippen molar-refractivity contribution >= 4 is 17.0 Å². The molecule has 0 saturated heterocycles. The summed E-state index contributed by atoms with van der Waals surface area (Å²) in [5, 5.41) is 20.7. The fourth-order valence-corrected chi connectivity index (χ4v) is 3.60. The van der Waals surface area contributed by atoms with Gasteiger partial charge in [0.2, 0.25) is 5.43 Å². The molecule has 1 aliphatic rings. The van der Waals surface area contributed by atoms with E-state index in [1.165, 1.54) is 18.4 Å². The van der Waals surface area contributed by atoms with Crippen LogP contribution in [0.4, 0.5) is 0 Å². The third-order valence-corrected chi connectivity index (χ3v) is 5.19. The van der Waals surface area contributed by atoms with Crippen LogP contribution in [0.5, 0.6) is 17.2 Å². The van der Waals surface area contributed by atoms with Gasteiger partial charge in [-0.2, -0.15) is 0 Å². The number of fused-ring (bicyclic) bond motifs is 2. The number of hydrogen-bond donors (Lipinski definition) is 2. The molecule has 0 saturated carbocycles. The molecule has 4 rings (SSSR count). The van der Waals surface area contributed by atoms with Gasteiger partial charge in [-0.1, -0.05) is 23.8 Å². The fourth-order valence-electron chi connectivity index (χ4n) is 3.60. The first kappa shape index (κ1) is 19.8. The summed E-state index contributed by atoms with van der Waals surface area (Å²) >= 11 is 0. The Morgan fingerprint density at radius 3 is 2.53 bits per heavy atom. The molecular weight excluding hydrogens is 380 g/mol. The molecule has 2 heterocycles. The first-order valence-electron chi connectivity index (χ1n) is 9.82. The lowest BCUT2D eigenvalue weighted by Crippen LogP contribution is -2.28. The van der Waals surface area contributed by atoms with E-state index in [4.69, 9.17) is 9.15 Å². The van der Waals surface area contributed by atoms with E-state index in [1.807, 2.05) is 39.8 Å². The molecule has 5 nitrogen and oxygen atoms in total. The first-order valence-corrected chi connectivity index (χ1v) is 9.82. The molecule has 3 aromatic rings. The van der Waals surface area contributed by atoms with Gasteiger partial charge < -0.3 is 19.4 Å². The molecule has 0 bridgehead atoms. The Morgan fingerprint density at radius 1 is 1.17 bits per heavy atom. The Balaban J connectivity index is 0.00000181. The van der Waals surface area contributed by atoms with Crippen molar-refractivity contribution in [2.45, 2.75) is 39.7 Å². The maximum absolute atomic E-state index is 13.4. The van der Waals surface area contributed by atoms with E-state index in [2.05, 4.69) is 0 Å². The largest absolute Gasteiger partial charge is 0.508 e. The predicted octanol–water partition coefficient (Wildman–Crippen LogP) is 6.06. The summed E-state index contributed by atoms with van der Waals surface area (Å²) in [6.07, 6.45) is 7.60.